The van der Waals surface area contributed by atoms with Gasteiger partial charge in [-0.1, -0.05) is 32.6 Å². The van der Waals surface area contributed by atoms with Gasteiger partial charge in [0, 0.05) is 13.0 Å². The van der Waals surface area contributed by atoms with Gasteiger partial charge >= 0.3 is 0 Å². The number of hydrogen-bond acceptors (Lipinski definition) is 3. The molecule has 0 aliphatic rings. The minimum atomic E-state index is -3.86. The maximum atomic E-state index is 10.8. The van der Waals surface area contributed by atoms with Gasteiger partial charge in [0.05, 0.1) is 26.4 Å². The Morgan fingerprint density at radius 1 is 1.05 bits per heavy atom. The van der Waals surface area contributed by atoms with Crippen molar-refractivity contribution in [1.82, 2.24) is 0 Å². The first kappa shape index (κ1) is 21.8. The molecule has 6 heteroatoms. The fourth-order valence-corrected chi connectivity index (χ4v) is 3.38. The molecule has 1 N–H and O–H groups in total. The molecule has 0 atom stereocenters. The molecule has 0 unspecified atom stereocenters. The molecule has 0 heterocycles. The van der Waals surface area contributed by atoms with Crippen LogP contribution in [0.1, 0.15) is 59.3 Å². The van der Waals surface area contributed by atoms with Crippen molar-refractivity contribution in [2.75, 3.05) is 39.5 Å². The van der Waals surface area contributed by atoms with Crippen LogP contribution in [0.3, 0.4) is 0 Å². The van der Waals surface area contributed by atoms with Crippen LogP contribution in [0.2, 0.25) is 0 Å². The third kappa shape index (κ3) is 13.5. The number of hydrogen-bond donors (Lipinski definition) is 1. The molecule has 0 aliphatic heterocycles. The first-order valence-corrected chi connectivity index (χ1v) is 9.99. The second-order valence-corrected chi connectivity index (χ2v) is 9.05. The number of quaternary nitrogens is 1. The van der Waals surface area contributed by atoms with Crippen LogP contribution >= 0.6 is 0 Å². The molecule has 0 aromatic rings. The molecule has 0 bridgehead atoms. The quantitative estimate of drug-likeness (QED) is 0.318. The summed E-state index contributed by atoms with van der Waals surface area (Å²) in [6.07, 6.45) is 6.59. The normalized spacial score (nSPS) is 13.5. The Labute approximate surface area is 137 Å². The highest BCUT2D eigenvalue weighted by atomic mass is 32.2. The van der Waals surface area contributed by atoms with Crippen LogP contribution in [0.15, 0.2) is 0 Å². The van der Waals surface area contributed by atoms with Crippen LogP contribution in [0.5, 0.6) is 0 Å². The monoisotopic (exact) mass is 338 g/mol. The summed E-state index contributed by atoms with van der Waals surface area (Å²) in [5.41, 5.74) is -0.230. The molecule has 22 heavy (non-hydrogen) atoms. The van der Waals surface area contributed by atoms with E-state index in [4.69, 9.17) is 9.29 Å². The van der Waals surface area contributed by atoms with Gasteiger partial charge in [0.1, 0.15) is 12.1 Å². The molecule has 0 saturated carbocycles. The van der Waals surface area contributed by atoms with Crippen LogP contribution in [0, 0.1) is 0 Å². The van der Waals surface area contributed by atoms with Crippen molar-refractivity contribution in [3.05, 3.63) is 0 Å². The standard InChI is InChI=1S/C16H35NO4S/c1-6-7-8-9-10-13-21-16(2,3)15-17(4,5)12-11-14-22(18,19)20/h6-15H2,1-5H3/p+1. The summed E-state index contributed by atoms with van der Waals surface area (Å²) in [6.45, 7) is 8.67. The predicted octanol–water partition coefficient (Wildman–Crippen LogP) is 3.11. The van der Waals surface area contributed by atoms with E-state index in [0.717, 1.165) is 19.6 Å². The van der Waals surface area contributed by atoms with Gasteiger partial charge in [-0.15, -0.1) is 0 Å². The van der Waals surface area contributed by atoms with Crippen LogP contribution in [0.25, 0.3) is 0 Å². The molecule has 0 radical (unpaired) electrons. The fourth-order valence-electron chi connectivity index (χ4n) is 2.88. The number of nitrogens with zero attached hydrogens (tertiary/aromatic N) is 1. The second-order valence-electron chi connectivity index (χ2n) is 7.48. The van der Waals surface area contributed by atoms with E-state index in [1.807, 2.05) is 0 Å². The minimum absolute atomic E-state index is 0.173. The van der Waals surface area contributed by atoms with Crippen LogP contribution < -0.4 is 0 Å². The van der Waals surface area contributed by atoms with E-state index in [9.17, 15) is 8.42 Å². The lowest BCUT2D eigenvalue weighted by molar-refractivity contribution is -0.896. The van der Waals surface area contributed by atoms with Gasteiger partial charge in [0.25, 0.3) is 10.1 Å². The van der Waals surface area contributed by atoms with Gasteiger partial charge in [-0.25, -0.2) is 0 Å². The summed E-state index contributed by atoms with van der Waals surface area (Å²) in [5, 5.41) is 0. The Morgan fingerprint density at radius 3 is 2.18 bits per heavy atom. The predicted molar refractivity (Wildman–Crippen MR) is 91.7 cm³/mol. The summed E-state index contributed by atoms with van der Waals surface area (Å²) in [6, 6.07) is 0. The van der Waals surface area contributed by atoms with Crippen molar-refractivity contribution in [2.45, 2.75) is 64.9 Å². The molecule has 0 fully saturated rings. The van der Waals surface area contributed by atoms with Gasteiger partial charge in [-0.2, -0.15) is 8.42 Å². The lowest BCUT2D eigenvalue weighted by atomic mass is 10.1. The third-order valence-electron chi connectivity index (χ3n) is 3.72. The zero-order valence-corrected chi connectivity index (χ0v) is 15.9. The van der Waals surface area contributed by atoms with E-state index in [2.05, 4.69) is 34.9 Å². The van der Waals surface area contributed by atoms with E-state index in [0.29, 0.717) is 17.4 Å². The van der Waals surface area contributed by atoms with E-state index in [-0.39, 0.29) is 11.4 Å². The van der Waals surface area contributed by atoms with Gasteiger partial charge in [-0.3, -0.25) is 4.55 Å². The zero-order chi connectivity index (χ0) is 17.3. The maximum Gasteiger partial charge on any atom is 0.265 e. The summed E-state index contributed by atoms with van der Waals surface area (Å²) in [4.78, 5) is 0. The van der Waals surface area contributed by atoms with Gasteiger partial charge in [-0.05, 0) is 20.3 Å². The molecule has 0 rings (SSSR count). The van der Waals surface area contributed by atoms with Crippen molar-refractivity contribution in [3.8, 4) is 0 Å². The lowest BCUT2D eigenvalue weighted by Gasteiger charge is -2.37. The third-order valence-corrected chi connectivity index (χ3v) is 4.52. The first-order valence-electron chi connectivity index (χ1n) is 8.38. The molecule has 134 valence electrons. The Balaban J connectivity index is 4.04. The maximum absolute atomic E-state index is 10.8. The number of rotatable bonds is 13. The Kier molecular flexibility index (Phi) is 9.78. The van der Waals surface area contributed by atoms with Crippen molar-refractivity contribution in [1.29, 1.82) is 0 Å². The Bertz CT molecular complexity index is 391. The van der Waals surface area contributed by atoms with Crippen LogP contribution in [0.4, 0.5) is 0 Å². The molecular formula is C16H36NO4S+. The topological polar surface area (TPSA) is 63.6 Å². The lowest BCUT2D eigenvalue weighted by Crippen LogP contribution is -2.51. The van der Waals surface area contributed by atoms with Crippen LogP contribution in [-0.4, -0.2) is 62.6 Å². The Morgan fingerprint density at radius 2 is 1.64 bits per heavy atom. The van der Waals surface area contributed by atoms with E-state index < -0.39 is 10.1 Å². The molecule has 0 spiro atoms. The van der Waals surface area contributed by atoms with Crippen molar-refractivity contribution >= 4 is 10.1 Å². The molecular weight excluding hydrogens is 302 g/mol. The summed E-state index contributed by atoms with van der Waals surface area (Å²) in [7, 11) is 0.275. The SMILES string of the molecule is CCCCCCCOC(C)(C)C[N+](C)(C)CCCS(=O)(=O)O. The van der Waals surface area contributed by atoms with Gasteiger partial charge < -0.3 is 9.22 Å². The van der Waals surface area contributed by atoms with E-state index in [1.54, 1.807) is 0 Å². The van der Waals surface area contributed by atoms with Crippen molar-refractivity contribution in [3.63, 3.8) is 0 Å². The molecule has 0 aromatic heterocycles. The van der Waals surface area contributed by atoms with E-state index >= 15 is 0 Å². The van der Waals surface area contributed by atoms with Crippen molar-refractivity contribution < 1.29 is 22.2 Å². The molecule has 0 saturated heterocycles. The second kappa shape index (κ2) is 9.85. The minimum Gasteiger partial charge on any atom is -0.370 e. The highest BCUT2D eigenvalue weighted by molar-refractivity contribution is 7.85. The highest BCUT2D eigenvalue weighted by Gasteiger charge is 2.29. The average Bonchev–Trinajstić information content (AvgIpc) is 2.30. The average molecular weight is 339 g/mol. The smallest absolute Gasteiger partial charge is 0.265 e. The van der Waals surface area contributed by atoms with Crippen LogP contribution in [-0.2, 0) is 14.9 Å². The number of ether oxygens (including phenoxy) is 1. The first-order chi connectivity index (χ1) is 9.97. The Hall–Kier alpha value is -0.170. The van der Waals surface area contributed by atoms with Gasteiger partial charge in [0.2, 0.25) is 0 Å². The number of likely N-dealkylation sites (N-methyl/N-ethyl adjacent to an activating group) is 1. The van der Waals surface area contributed by atoms with Gasteiger partial charge in [0.15, 0.2) is 0 Å². The molecule has 0 amide bonds. The zero-order valence-electron chi connectivity index (χ0n) is 15.1. The summed E-state index contributed by atoms with van der Waals surface area (Å²) in [5.74, 6) is -0.173. The largest absolute Gasteiger partial charge is 0.370 e. The van der Waals surface area contributed by atoms with Crippen molar-refractivity contribution in [2.24, 2.45) is 0 Å². The summed E-state index contributed by atoms with van der Waals surface area (Å²) < 4.78 is 37.0. The summed E-state index contributed by atoms with van der Waals surface area (Å²) >= 11 is 0. The van der Waals surface area contributed by atoms with E-state index in [1.165, 1.54) is 25.7 Å². The molecule has 0 aliphatic carbocycles. The molecule has 0 aromatic carbocycles. The molecule has 5 nitrogen and oxygen atoms in total. The highest BCUT2D eigenvalue weighted by Crippen LogP contribution is 2.16. The number of unbranched alkanes of at least 4 members (excludes halogenated alkanes) is 4. The fraction of sp³-hybridized carbons (Fsp3) is 1.00.